The van der Waals surface area contributed by atoms with Gasteiger partial charge in [-0.3, -0.25) is 10.0 Å². The van der Waals surface area contributed by atoms with Crippen LogP contribution in [0.1, 0.15) is 50.0 Å². The maximum Gasteiger partial charge on any atom is 0.422 e. The summed E-state index contributed by atoms with van der Waals surface area (Å²) in [6.45, 7) is -0.100. The Labute approximate surface area is 207 Å². The van der Waals surface area contributed by atoms with Crippen LogP contribution in [0.2, 0.25) is 0 Å². The van der Waals surface area contributed by atoms with E-state index >= 15 is 0 Å². The standard InChI is InChI=1S/C22H29ClF3N3O5S/c23-29(31)20(30)21(9-13-27(14-10-21)18-3-4-18)35(32,33)28-11-7-17(8-12-28)16-1-5-19(6-2-16)34-15-22(24,25)26/h1-2,5-6,17-18,31H,3-4,7-15H2. The van der Waals surface area contributed by atoms with E-state index in [9.17, 15) is 31.6 Å². The number of ether oxygens (including phenoxy) is 1. The Morgan fingerprint density at radius 1 is 1.09 bits per heavy atom. The van der Waals surface area contributed by atoms with Crippen molar-refractivity contribution in [2.24, 2.45) is 0 Å². The lowest BCUT2D eigenvalue weighted by Crippen LogP contribution is -2.61. The Bertz CT molecular complexity index is 1000. The van der Waals surface area contributed by atoms with Gasteiger partial charge in [0, 0.05) is 44.0 Å². The van der Waals surface area contributed by atoms with E-state index in [4.69, 9.17) is 16.5 Å². The van der Waals surface area contributed by atoms with E-state index in [1.807, 2.05) is 0 Å². The quantitative estimate of drug-likeness (QED) is 0.324. The van der Waals surface area contributed by atoms with Gasteiger partial charge in [0.05, 0.1) is 0 Å². The normalized spacial score (nSPS) is 22.7. The van der Waals surface area contributed by atoms with Crippen LogP contribution in [0.15, 0.2) is 24.3 Å². The highest BCUT2D eigenvalue weighted by Crippen LogP contribution is 2.41. The van der Waals surface area contributed by atoms with Crippen molar-refractivity contribution in [1.82, 2.24) is 13.8 Å². The molecule has 0 atom stereocenters. The molecule has 13 heteroatoms. The molecular weight excluding hydrogens is 511 g/mol. The monoisotopic (exact) mass is 539 g/mol. The first-order chi connectivity index (χ1) is 16.4. The smallest absolute Gasteiger partial charge is 0.422 e. The number of halogens is 4. The van der Waals surface area contributed by atoms with Gasteiger partial charge < -0.3 is 9.64 Å². The van der Waals surface area contributed by atoms with Crippen molar-refractivity contribution in [3.63, 3.8) is 0 Å². The van der Waals surface area contributed by atoms with Gasteiger partial charge in [0.15, 0.2) is 11.4 Å². The topological polar surface area (TPSA) is 90.4 Å². The molecule has 0 spiro atoms. The van der Waals surface area contributed by atoms with E-state index < -0.39 is 33.5 Å². The maximum atomic E-state index is 13.7. The minimum Gasteiger partial charge on any atom is -0.484 e. The third-order valence-electron chi connectivity index (χ3n) is 7.27. The molecule has 3 fully saturated rings. The highest BCUT2D eigenvalue weighted by atomic mass is 35.5. The average Bonchev–Trinajstić information content (AvgIpc) is 3.68. The molecule has 3 aliphatic rings. The Balaban J connectivity index is 1.41. The van der Waals surface area contributed by atoms with E-state index in [1.54, 1.807) is 12.1 Å². The molecule has 0 unspecified atom stereocenters. The van der Waals surface area contributed by atoms with Crippen LogP contribution in [0.4, 0.5) is 13.2 Å². The van der Waals surface area contributed by atoms with Gasteiger partial charge in [0.25, 0.3) is 5.91 Å². The zero-order chi connectivity index (χ0) is 25.4. The SMILES string of the molecule is O=C(N(O)Cl)C1(S(=O)(=O)N2CCC(c3ccc(OCC(F)(F)F)cc3)CC2)CCN(C2CC2)CC1. The summed E-state index contributed by atoms with van der Waals surface area (Å²) in [7, 11) is -4.11. The highest BCUT2D eigenvalue weighted by molar-refractivity contribution is 7.91. The molecule has 2 saturated heterocycles. The van der Waals surface area contributed by atoms with Crippen molar-refractivity contribution in [3.05, 3.63) is 29.8 Å². The third-order valence-corrected chi connectivity index (χ3v) is 10.0. The number of likely N-dealkylation sites (tertiary alicyclic amines) is 1. The van der Waals surface area contributed by atoms with Crippen LogP contribution in [-0.2, 0) is 14.8 Å². The van der Waals surface area contributed by atoms with Crippen LogP contribution in [0.5, 0.6) is 5.75 Å². The van der Waals surface area contributed by atoms with Crippen molar-refractivity contribution < 1.29 is 36.3 Å². The molecule has 1 saturated carbocycles. The molecule has 1 amide bonds. The largest absolute Gasteiger partial charge is 0.484 e. The molecule has 1 aromatic rings. The number of alkyl halides is 3. The molecule has 0 aromatic heterocycles. The van der Waals surface area contributed by atoms with Crippen LogP contribution in [0.3, 0.4) is 0 Å². The summed E-state index contributed by atoms with van der Waals surface area (Å²) < 4.78 is 68.6. The first kappa shape index (κ1) is 26.5. The van der Waals surface area contributed by atoms with Crippen LogP contribution in [0, 0.1) is 0 Å². The molecule has 0 bridgehead atoms. The second kappa shape index (κ2) is 10.0. The Kier molecular flexibility index (Phi) is 7.59. The molecule has 35 heavy (non-hydrogen) atoms. The number of rotatable bonds is 7. The van der Waals surface area contributed by atoms with Crippen molar-refractivity contribution in [2.45, 2.75) is 61.4 Å². The van der Waals surface area contributed by atoms with Crippen molar-refractivity contribution in [3.8, 4) is 5.75 Å². The number of piperidine rings is 2. The molecule has 1 aromatic carbocycles. The van der Waals surface area contributed by atoms with E-state index in [0.29, 0.717) is 32.0 Å². The number of carbonyl (C=O) groups excluding carboxylic acids is 1. The molecule has 2 aliphatic heterocycles. The molecule has 8 nitrogen and oxygen atoms in total. The van der Waals surface area contributed by atoms with Crippen molar-refractivity contribution in [1.29, 1.82) is 0 Å². The number of hydrogen-bond acceptors (Lipinski definition) is 6. The van der Waals surface area contributed by atoms with Crippen LogP contribution >= 0.6 is 11.8 Å². The second-order valence-electron chi connectivity index (χ2n) is 9.48. The van der Waals surface area contributed by atoms with Gasteiger partial charge >= 0.3 is 6.18 Å². The number of hydroxylamine groups is 1. The van der Waals surface area contributed by atoms with E-state index in [2.05, 4.69) is 4.90 Å². The Hall–Kier alpha value is -1.60. The minimum absolute atomic E-state index is 0.0175. The fraction of sp³-hybridized carbons (Fsp3) is 0.682. The molecule has 1 N–H and O–H groups in total. The van der Waals surface area contributed by atoms with E-state index in [-0.39, 0.29) is 42.2 Å². The predicted molar refractivity (Wildman–Crippen MR) is 122 cm³/mol. The highest BCUT2D eigenvalue weighted by Gasteiger charge is 2.57. The van der Waals surface area contributed by atoms with Gasteiger partial charge in [0.2, 0.25) is 10.0 Å². The molecule has 2 heterocycles. The van der Waals surface area contributed by atoms with Gasteiger partial charge in [-0.15, -0.1) is 4.58 Å². The van der Waals surface area contributed by atoms with Gasteiger partial charge in [-0.05, 0) is 62.1 Å². The molecular formula is C22H29ClF3N3O5S. The summed E-state index contributed by atoms with van der Waals surface area (Å²) in [5, 5.41) is 9.66. The number of sulfonamides is 1. The third kappa shape index (κ3) is 5.71. The Morgan fingerprint density at radius 2 is 1.66 bits per heavy atom. The summed E-state index contributed by atoms with van der Waals surface area (Å²) in [5.41, 5.74) is 0.882. The summed E-state index contributed by atoms with van der Waals surface area (Å²) >= 11 is 5.54. The first-order valence-corrected chi connectivity index (χ1v) is 13.4. The van der Waals surface area contributed by atoms with Crippen molar-refractivity contribution in [2.75, 3.05) is 32.8 Å². The summed E-state index contributed by atoms with van der Waals surface area (Å²) in [4.78, 5) is 15.1. The predicted octanol–water partition coefficient (Wildman–Crippen LogP) is 3.51. The minimum atomic E-state index is -4.42. The molecule has 1 aliphatic carbocycles. The average molecular weight is 540 g/mol. The fourth-order valence-corrected chi connectivity index (χ4v) is 7.52. The summed E-state index contributed by atoms with van der Waals surface area (Å²) in [6, 6.07) is 6.77. The maximum absolute atomic E-state index is 13.7. The fourth-order valence-electron chi connectivity index (χ4n) is 5.12. The lowest BCUT2D eigenvalue weighted by Gasteiger charge is -2.44. The zero-order valence-electron chi connectivity index (χ0n) is 19.1. The number of benzene rings is 1. The molecule has 4 rings (SSSR count). The van der Waals surface area contributed by atoms with Crippen molar-refractivity contribution >= 4 is 27.7 Å². The second-order valence-corrected chi connectivity index (χ2v) is 12.0. The first-order valence-electron chi connectivity index (χ1n) is 11.7. The Morgan fingerprint density at radius 3 is 2.14 bits per heavy atom. The molecule has 0 radical (unpaired) electrons. The number of hydrogen-bond donors (Lipinski definition) is 1. The summed E-state index contributed by atoms with van der Waals surface area (Å²) in [6.07, 6.45) is -1.17. The van der Waals surface area contributed by atoms with Crippen LogP contribution in [0.25, 0.3) is 0 Å². The van der Waals surface area contributed by atoms with E-state index in [1.165, 1.54) is 16.4 Å². The van der Waals surface area contributed by atoms with Gasteiger partial charge in [0.1, 0.15) is 5.75 Å². The number of nitrogens with zero attached hydrogens (tertiary/aromatic N) is 3. The zero-order valence-corrected chi connectivity index (χ0v) is 20.7. The van der Waals surface area contributed by atoms with Gasteiger partial charge in [-0.25, -0.2) is 12.7 Å². The lowest BCUT2D eigenvalue weighted by atomic mass is 9.90. The summed E-state index contributed by atoms with van der Waals surface area (Å²) in [5.74, 6) is -0.895. The molecule has 196 valence electrons. The number of carbonyl (C=O) groups is 1. The number of amides is 1. The van der Waals surface area contributed by atoms with Crippen LogP contribution in [-0.4, -0.2) is 83.1 Å². The van der Waals surface area contributed by atoms with Gasteiger partial charge in [-0.2, -0.15) is 13.2 Å². The van der Waals surface area contributed by atoms with Gasteiger partial charge in [-0.1, -0.05) is 12.1 Å². The lowest BCUT2D eigenvalue weighted by molar-refractivity contribution is -0.153. The van der Waals surface area contributed by atoms with E-state index in [0.717, 1.165) is 18.4 Å². The van der Waals surface area contributed by atoms with Crippen LogP contribution < -0.4 is 4.74 Å².